The maximum atomic E-state index is 13.4. The Morgan fingerprint density at radius 3 is 2.48 bits per heavy atom. The van der Waals surface area contributed by atoms with Crippen molar-refractivity contribution < 1.29 is 28.9 Å². The molecule has 0 bridgehead atoms. The summed E-state index contributed by atoms with van der Waals surface area (Å²) in [6, 6.07) is 16.1. The molecule has 0 spiro atoms. The number of hydrogen-bond donors (Lipinski definition) is 1. The number of halogens is 2. The second-order valence-electron chi connectivity index (χ2n) is 10.1. The molecule has 232 valence electrons. The van der Waals surface area contributed by atoms with Crippen LogP contribution in [0, 0.1) is 0 Å². The van der Waals surface area contributed by atoms with E-state index in [1.807, 2.05) is 43.3 Å². The minimum atomic E-state index is -0.934. The van der Waals surface area contributed by atoms with Gasteiger partial charge in [0.05, 0.1) is 25.0 Å². The molecule has 0 unspecified atom stereocenters. The molecule has 1 saturated heterocycles. The lowest BCUT2D eigenvalue weighted by Crippen LogP contribution is -2.30. The van der Waals surface area contributed by atoms with Gasteiger partial charge in [-0.3, -0.25) is 14.5 Å². The van der Waals surface area contributed by atoms with E-state index < -0.39 is 5.97 Å². The molecular weight excluding hydrogens is 643 g/mol. The Balaban J connectivity index is 1.49. The van der Waals surface area contributed by atoms with E-state index in [0.29, 0.717) is 61.7 Å². The van der Waals surface area contributed by atoms with Crippen molar-refractivity contribution in [2.75, 3.05) is 47.5 Å². The Hall–Kier alpha value is -3.28. The Kier molecular flexibility index (Phi) is 11.9. The van der Waals surface area contributed by atoms with Crippen molar-refractivity contribution in [2.24, 2.45) is 0 Å². The number of carboxylic acid groups (broad SMARTS) is 1. The van der Waals surface area contributed by atoms with Gasteiger partial charge in [0, 0.05) is 34.3 Å². The second-order valence-corrected chi connectivity index (χ2v) is 12.6. The highest BCUT2D eigenvalue weighted by Crippen LogP contribution is 2.38. The summed E-state index contributed by atoms with van der Waals surface area (Å²) in [5, 5.41) is 10.2. The number of thioether (sulfide) groups is 1. The molecule has 4 rings (SSSR count). The van der Waals surface area contributed by atoms with Gasteiger partial charge in [0.1, 0.15) is 16.7 Å². The predicted octanol–water partition coefficient (Wildman–Crippen LogP) is 6.91. The lowest BCUT2D eigenvalue weighted by atomic mass is 10.0. The standard InChI is InChI=1S/C32H32Cl2N2O6S2/c1-35(2)12-14-42-26-10-6-21(24-8-7-23(33)19-25(24)34)17-22(26)18-29-31(39)36(32(43)44-29)11-4-13-41-28-15-20(16-30(37)38)5-9-27(28)40-3/h5-10,15,17-19H,4,11-14,16H2,1-3H3,(H,37,38). The van der Waals surface area contributed by atoms with Crippen LogP contribution in [0.2, 0.25) is 10.0 Å². The van der Waals surface area contributed by atoms with Crippen molar-refractivity contribution in [3.63, 3.8) is 0 Å². The molecule has 0 aliphatic carbocycles. The molecule has 1 N–H and O–H groups in total. The third-order valence-electron chi connectivity index (χ3n) is 6.58. The predicted molar refractivity (Wildman–Crippen MR) is 180 cm³/mol. The summed E-state index contributed by atoms with van der Waals surface area (Å²) < 4.78 is 17.8. The molecule has 3 aromatic carbocycles. The first-order valence-corrected chi connectivity index (χ1v) is 15.7. The van der Waals surface area contributed by atoms with Crippen LogP contribution in [0.1, 0.15) is 17.5 Å². The van der Waals surface area contributed by atoms with Crippen LogP contribution in [0.25, 0.3) is 17.2 Å². The maximum Gasteiger partial charge on any atom is 0.307 e. The number of likely N-dealkylation sites (N-methyl/N-ethyl adjacent to an activating group) is 1. The normalized spacial score (nSPS) is 14.0. The Bertz CT molecular complexity index is 1580. The van der Waals surface area contributed by atoms with Crippen LogP contribution in [-0.4, -0.2) is 78.6 Å². The molecule has 0 atom stereocenters. The van der Waals surface area contributed by atoms with Gasteiger partial charge < -0.3 is 24.2 Å². The Labute approximate surface area is 276 Å². The van der Waals surface area contributed by atoms with Crippen molar-refractivity contribution in [1.82, 2.24) is 9.80 Å². The van der Waals surface area contributed by atoms with E-state index >= 15 is 0 Å². The Morgan fingerprint density at radius 1 is 1.02 bits per heavy atom. The number of rotatable bonds is 14. The van der Waals surface area contributed by atoms with Crippen LogP contribution in [-0.2, 0) is 16.0 Å². The molecule has 0 saturated carbocycles. The van der Waals surface area contributed by atoms with Gasteiger partial charge in [-0.2, -0.15) is 0 Å². The molecule has 1 aliphatic rings. The molecule has 1 heterocycles. The fourth-order valence-corrected chi connectivity index (χ4v) is 6.20. The van der Waals surface area contributed by atoms with Crippen LogP contribution < -0.4 is 14.2 Å². The smallest absolute Gasteiger partial charge is 0.307 e. The minimum Gasteiger partial charge on any atom is -0.493 e. The molecule has 3 aromatic rings. The van der Waals surface area contributed by atoms with E-state index in [-0.39, 0.29) is 18.9 Å². The fraction of sp³-hybridized carbons (Fsp3) is 0.281. The van der Waals surface area contributed by atoms with Crippen molar-refractivity contribution >= 4 is 69.5 Å². The number of methoxy groups -OCH3 is 1. The van der Waals surface area contributed by atoms with Crippen LogP contribution >= 0.6 is 47.2 Å². The number of amides is 1. The van der Waals surface area contributed by atoms with Crippen LogP contribution in [0.3, 0.4) is 0 Å². The molecule has 8 nitrogen and oxygen atoms in total. The molecule has 0 radical (unpaired) electrons. The van der Waals surface area contributed by atoms with Gasteiger partial charge in [-0.05, 0) is 74.1 Å². The highest BCUT2D eigenvalue weighted by Gasteiger charge is 2.32. The molecule has 1 amide bonds. The van der Waals surface area contributed by atoms with Gasteiger partial charge in [-0.1, -0.05) is 65.4 Å². The molecule has 44 heavy (non-hydrogen) atoms. The average Bonchev–Trinajstić information content (AvgIpc) is 3.23. The summed E-state index contributed by atoms with van der Waals surface area (Å²) >= 11 is 19.4. The molecule has 1 aliphatic heterocycles. The van der Waals surface area contributed by atoms with E-state index in [0.717, 1.165) is 23.2 Å². The maximum absolute atomic E-state index is 13.4. The number of carbonyl (C=O) groups excluding carboxylic acids is 1. The minimum absolute atomic E-state index is 0.124. The highest BCUT2D eigenvalue weighted by molar-refractivity contribution is 8.26. The highest BCUT2D eigenvalue weighted by atomic mass is 35.5. The summed E-state index contributed by atoms with van der Waals surface area (Å²) in [7, 11) is 5.46. The van der Waals surface area contributed by atoms with Gasteiger partial charge in [-0.15, -0.1) is 0 Å². The van der Waals surface area contributed by atoms with Gasteiger partial charge in [0.25, 0.3) is 5.91 Å². The summed E-state index contributed by atoms with van der Waals surface area (Å²) in [6.07, 6.45) is 2.17. The topological polar surface area (TPSA) is 88.5 Å². The summed E-state index contributed by atoms with van der Waals surface area (Å²) in [4.78, 5) is 28.6. The molecular formula is C32H32Cl2N2O6S2. The number of ether oxygens (including phenoxy) is 3. The number of carboxylic acids is 1. The zero-order valence-corrected chi connectivity index (χ0v) is 27.6. The monoisotopic (exact) mass is 674 g/mol. The number of benzene rings is 3. The SMILES string of the molecule is COc1ccc(CC(=O)O)cc1OCCCN1C(=O)C(=Cc2cc(-c3ccc(Cl)cc3Cl)ccc2OCCN(C)C)SC1=S. The lowest BCUT2D eigenvalue weighted by Gasteiger charge is -2.16. The summed E-state index contributed by atoms with van der Waals surface area (Å²) in [5.74, 6) is 0.447. The van der Waals surface area contributed by atoms with E-state index in [2.05, 4.69) is 0 Å². The lowest BCUT2D eigenvalue weighted by molar-refractivity contribution is -0.136. The van der Waals surface area contributed by atoms with Gasteiger partial charge in [-0.25, -0.2) is 0 Å². The van der Waals surface area contributed by atoms with Crippen molar-refractivity contribution in [1.29, 1.82) is 0 Å². The number of nitrogens with zero attached hydrogens (tertiary/aromatic N) is 2. The van der Waals surface area contributed by atoms with Crippen molar-refractivity contribution in [3.8, 4) is 28.4 Å². The van der Waals surface area contributed by atoms with Crippen molar-refractivity contribution in [2.45, 2.75) is 12.8 Å². The first-order chi connectivity index (χ1) is 21.0. The number of aliphatic carboxylic acids is 1. The van der Waals surface area contributed by atoms with Crippen molar-refractivity contribution in [3.05, 3.63) is 80.7 Å². The summed E-state index contributed by atoms with van der Waals surface area (Å²) in [5.41, 5.74) is 2.99. The zero-order chi connectivity index (χ0) is 31.8. The van der Waals surface area contributed by atoms with Gasteiger partial charge in [0.15, 0.2) is 11.5 Å². The van der Waals surface area contributed by atoms with Gasteiger partial charge >= 0.3 is 5.97 Å². The molecule has 12 heteroatoms. The van der Waals surface area contributed by atoms with E-state index in [9.17, 15) is 9.59 Å². The van der Waals surface area contributed by atoms with E-state index in [1.54, 1.807) is 41.3 Å². The third-order valence-corrected chi connectivity index (χ3v) is 8.50. The Morgan fingerprint density at radius 2 is 1.77 bits per heavy atom. The second kappa shape index (κ2) is 15.6. The number of thiocarbonyl (C=S) groups is 1. The first kappa shape index (κ1) is 33.6. The zero-order valence-electron chi connectivity index (χ0n) is 24.5. The van der Waals surface area contributed by atoms with Crippen LogP contribution in [0.4, 0.5) is 0 Å². The first-order valence-electron chi connectivity index (χ1n) is 13.7. The largest absolute Gasteiger partial charge is 0.493 e. The van der Waals surface area contributed by atoms with Gasteiger partial charge in [0.2, 0.25) is 0 Å². The third kappa shape index (κ3) is 8.89. The van der Waals surface area contributed by atoms with E-state index in [4.69, 9.17) is 54.7 Å². The molecule has 0 aromatic heterocycles. The molecule has 1 fully saturated rings. The fourth-order valence-electron chi connectivity index (χ4n) is 4.38. The average molecular weight is 676 g/mol. The number of hydrogen-bond acceptors (Lipinski definition) is 8. The van der Waals surface area contributed by atoms with Crippen LogP contribution in [0.5, 0.6) is 17.2 Å². The summed E-state index contributed by atoms with van der Waals surface area (Å²) in [6.45, 7) is 1.83. The quantitative estimate of drug-likeness (QED) is 0.111. The van der Waals surface area contributed by atoms with E-state index in [1.165, 1.54) is 18.9 Å². The van der Waals surface area contributed by atoms with Crippen LogP contribution in [0.15, 0.2) is 59.5 Å². The number of carbonyl (C=O) groups is 2.